The van der Waals surface area contributed by atoms with Gasteiger partial charge in [0, 0.05) is 6.07 Å². The molecular weight excluding hydrogens is 229 g/mol. The molecule has 0 aromatic carbocycles. The second-order valence-electron chi connectivity index (χ2n) is 1.78. The normalized spacial score (nSPS) is 9.11. The Bertz CT molecular complexity index is 202. The SMILES string of the molecule is C[n+]1cccc(OI)c1. The number of halogens is 1. The largest absolute Gasteiger partial charge is 0.421 e. The highest BCUT2D eigenvalue weighted by Gasteiger charge is 1.94. The Morgan fingerprint density at radius 2 is 2.44 bits per heavy atom. The van der Waals surface area contributed by atoms with Crippen molar-refractivity contribution >= 4 is 23.0 Å². The van der Waals surface area contributed by atoms with Gasteiger partial charge in [-0.3, -0.25) is 0 Å². The van der Waals surface area contributed by atoms with Gasteiger partial charge in [0.2, 0.25) is 6.20 Å². The molecule has 0 spiro atoms. The van der Waals surface area contributed by atoms with Gasteiger partial charge in [0.05, 0.1) is 0 Å². The summed E-state index contributed by atoms with van der Waals surface area (Å²) in [5.74, 6) is 0.876. The first kappa shape index (κ1) is 6.80. The van der Waals surface area contributed by atoms with Crippen LogP contribution < -0.4 is 7.63 Å². The fourth-order valence-electron chi connectivity index (χ4n) is 0.606. The third-order valence-electron chi connectivity index (χ3n) is 1.00. The molecule has 0 radical (unpaired) electrons. The fraction of sp³-hybridized carbons (Fsp3) is 0.167. The molecule has 1 aromatic heterocycles. The van der Waals surface area contributed by atoms with Crippen molar-refractivity contribution in [2.45, 2.75) is 0 Å². The van der Waals surface area contributed by atoms with Gasteiger partial charge in [0.25, 0.3) is 0 Å². The van der Waals surface area contributed by atoms with Crippen LogP contribution in [-0.4, -0.2) is 0 Å². The van der Waals surface area contributed by atoms with E-state index in [9.17, 15) is 0 Å². The summed E-state index contributed by atoms with van der Waals surface area (Å²) in [5, 5.41) is 0. The number of aryl methyl sites for hydroxylation is 1. The van der Waals surface area contributed by atoms with E-state index in [4.69, 9.17) is 3.07 Å². The van der Waals surface area contributed by atoms with Crippen molar-refractivity contribution in [2.75, 3.05) is 0 Å². The average molecular weight is 236 g/mol. The van der Waals surface area contributed by atoms with Gasteiger partial charge in [-0.25, -0.2) is 4.57 Å². The van der Waals surface area contributed by atoms with Gasteiger partial charge in [-0.05, 0) is 6.07 Å². The molecule has 2 nitrogen and oxygen atoms in total. The lowest BCUT2D eigenvalue weighted by Gasteiger charge is -1.90. The highest BCUT2D eigenvalue weighted by atomic mass is 127. The van der Waals surface area contributed by atoms with E-state index in [1.54, 1.807) is 0 Å². The standard InChI is InChI=1S/C6H7INO/c1-8-4-2-3-6(5-8)9-7/h2-5H,1H3/q+1. The van der Waals surface area contributed by atoms with Gasteiger partial charge >= 0.3 is 0 Å². The predicted octanol–water partition coefficient (Wildman–Crippen LogP) is 1.24. The Kier molecular flexibility index (Phi) is 2.27. The molecule has 0 atom stereocenters. The van der Waals surface area contributed by atoms with E-state index in [0.717, 1.165) is 5.75 Å². The Hall–Kier alpha value is -0.320. The molecule has 1 rings (SSSR count). The van der Waals surface area contributed by atoms with E-state index in [0.29, 0.717) is 0 Å². The molecule has 0 saturated heterocycles. The second-order valence-corrected chi connectivity index (χ2v) is 2.22. The maximum atomic E-state index is 4.94. The van der Waals surface area contributed by atoms with Crippen LogP contribution in [0.5, 0.6) is 5.75 Å². The zero-order chi connectivity index (χ0) is 6.69. The summed E-state index contributed by atoms with van der Waals surface area (Å²) in [5.41, 5.74) is 0. The molecule has 0 fully saturated rings. The first-order chi connectivity index (χ1) is 4.33. The second kappa shape index (κ2) is 3.00. The molecule has 0 aliphatic heterocycles. The van der Waals surface area contributed by atoms with Crippen molar-refractivity contribution in [3.8, 4) is 5.75 Å². The van der Waals surface area contributed by atoms with E-state index in [1.165, 1.54) is 0 Å². The van der Waals surface area contributed by atoms with Crippen LogP contribution in [0.15, 0.2) is 24.5 Å². The molecular formula is C6H7INO+. The predicted molar refractivity (Wildman–Crippen MR) is 42.3 cm³/mol. The van der Waals surface area contributed by atoms with Gasteiger partial charge in [0.15, 0.2) is 35.0 Å². The summed E-state index contributed by atoms with van der Waals surface area (Å²) in [6.45, 7) is 0. The van der Waals surface area contributed by atoms with Crippen molar-refractivity contribution in [3.05, 3.63) is 24.5 Å². The Balaban J connectivity index is 2.94. The highest BCUT2D eigenvalue weighted by Crippen LogP contribution is 2.07. The maximum absolute atomic E-state index is 4.94. The van der Waals surface area contributed by atoms with Crippen LogP contribution in [0.1, 0.15) is 0 Å². The van der Waals surface area contributed by atoms with E-state index in [2.05, 4.69) is 0 Å². The summed E-state index contributed by atoms with van der Waals surface area (Å²) in [7, 11) is 1.96. The summed E-state index contributed by atoms with van der Waals surface area (Å²) in [4.78, 5) is 0. The minimum Gasteiger partial charge on any atom is -0.421 e. The number of pyridine rings is 1. The molecule has 0 amide bonds. The number of rotatable bonds is 1. The molecule has 1 heterocycles. The lowest BCUT2D eigenvalue weighted by molar-refractivity contribution is -0.671. The van der Waals surface area contributed by atoms with Crippen LogP contribution in [0.25, 0.3) is 0 Å². The summed E-state index contributed by atoms with van der Waals surface area (Å²) < 4.78 is 6.88. The quantitative estimate of drug-likeness (QED) is 0.528. The first-order valence-corrected chi connectivity index (χ1v) is 3.45. The van der Waals surface area contributed by atoms with Gasteiger partial charge < -0.3 is 3.07 Å². The first-order valence-electron chi connectivity index (χ1n) is 2.57. The lowest BCUT2D eigenvalue weighted by Crippen LogP contribution is -2.25. The number of hydrogen-bond donors (Lipinski definition) is 0. The smallest absolute Gasteiger partial charge is 0.212 e. The van der Waals surface area contributed by atoms with Crippen LogP contribution in [-0.2, 0) is 7.05 Å². The van der Waals surface area contributed by atoms with Crippen LogP contribution in [0.2, 0.25) is 0 Å². The zero-order valence-corrected chi connectivity index (χ0v) is 7.20. The molecule has 0 saturated carbocycles. The fourth-order valence-corrected chi connectivity index (χ4v) is 0.867. The Morgan fingerprint density at radius 1 is 1.67 bits per heavy atom. The van der Waals surface area contributed by atoms with E-state index < -0.39 is 0 Å². The van der Waals surface area contributed by atoms with E-state index >= 15 is 0 Å². The van der Waals surface area contributed by atoms with Gasteiger partial charge in [-0.15, -0.1) is 0 Å². The van der Waals surface area contributed by atoms with Crippen LogP contribution >= 0.6 is 23.0 Å². The Labute approximate surface area is 68.2 Å². The Morgan fingerprint density at radius 3 is 2.89 bits per heavy atom. The van der Waals surface area contributed by atoms with E-state index in [-0.39, 0.29) is 0 Å². The number of nitrogens with zero attached hydrogens (tertiary/aromatic N) is 1. The van der Waals surface area contributed by atoms with Crippen molar-refractivity contribution < 1.29 is 7.63 Å². The van der Waals surface area contributed by atoms with Gasteiger partial charge in [0.1, 0.15) is 7.05 Å². The van der Waals surface area contributed by atoms with Gasteiger partial charge in [-0.2, -0.15) is 0 Å². The third kappa shape index (κ3) is 1.82. The van der Waals surface area contributed by atoms with Crippen LogP contribution in [0, 0.1) is 0 Å². The third-order valence-corrected chi connectivity index (χ3v) is 1.51. The molecule has 9 heavy (non-hydrogen) atoms. The van der Waals surface area contributed by atoms with Crippen molar-refractivity contribution in [2.24, 2.45) is 7.05 Å². The minimum atomic E-state index is 0.876. The zero-order valence-electron chi connectivity index (χ0n) is 5.04. The molecule has 0 aliphatic carbocycles. The topological polar surface area (TPSA) is 13.1 Å². The van der Waals surface area contributed by atoms with Gasteiger partial charge in [-0.1, -0.05) is 0 Å². The highest BCUT2D eigenvalue weighted by molar-refractivity contribution is 14.1. The van der Waals surface area contributed by atoms with Crippen molar-refractivity contribution in [1.29, 1.82) is 0 Å². The van der Waals surface area contributed by atoms with Crippen LogP contribution in [0.3, 0.4) is 0 Å². The molecule has 0 bridgehead atoms. The number of hydrogen-bond acceptors (Lipinski definition) is 1. The lowest BCUT2D eigenvalue weighted by atomic mass is 10.5. The van der Waals surface area contributed by atoms with E-state index in [1.807, 2.05) is 59.1 Å². The molecule has 0 unspecified atom stereocenters. The monoisotopic (exact) mass is 236 g/mol. The molecule has 3 heteroatoms. The van der Waals surface area contributed by atoms with Crippen LogP contribution in [0.4, 0.5) is 0 Å². The minimum absolute atomic E-state index is 0.876. The molecule has 0 N–H and O–H groups in total. The molecule has 1 aromatic rings. The average Bonchev–Trinajstić information content (AvgIpc) is 1.88. The molecule has 48 valence electrons. The summed E-state index contributed by atoms with van der Waals surface area (Å²) in [6, 6.07) is 3.85. The number of aromatic nitrogens is 1. The summed E-state index contributed by atoms with van der Waals surface area (Å²) >= 11 is 1.86. The summed E-state index contributed by atoms with van der Waals surface area (Å²) in [6.07, 6.45) is 3.87. The molecule has 0 aliphatic rings. The maximum Gasteiger partial charge on any atom is 0.212 e. The van der Waals surface area contributed by atoms with Crippen molar-refractivity contribution in [1.82, 2.24) is 0 Å². The van der Waals surface area contributed by atoms with Crippen molar-refractivity contribution in [3.63, 3.8) is 0 Å².